The maximum atomic E-state index is 11.2. The second kappa shape index (κ2) is 6.63. The van der Waals surface area contributed by atoms with Gasteiger partial charge in [0.05, 0.1) is 11.6 Å². The van der Waals surface area contributed by atoms with Crippen molar-refractivity contribution in [2.45, 2.75) is 13.5 Å². The van der Waals surface area contributed by atoms with Gasteiger partial charge in [-0.1, -0.05) is 0 Å². The van der Waals surface area contributed by atoms with Gasteiger partial charge < -0.3 is 15.2 Å². The summed E-state index contributed by atoms with van der Waals surface area (Å²) in [6.07, 6.45) is 0. The Morgan fingerprint density at radius 3 is 2.52 bits per heavy atom. The Bertz CT molecular complexity index is 653. The molecule has 0 aliphatic carbocycles. The van der Waals surface area contributed by atoms with Crippen LogP contribution in [0.15, 0.2) is 40.9 Å². The number of rotatable bonds is 5. The van der Waals surface area contributed by atoms with Gasteiger partial charge in [0.2, 0.25) is 0 Å². The topological polar surface area (TPSA) is 58.6 Å². The van der Waals surface area contributed by atoms with E-state index in [-0.39, 0.29) is 11.5 Å². The van der Waals surface area contributed by atoms with Gasteiger partial charge in [0, 0.05) is 17.8 Å². The van der Waals surface area contributed by atoms with Crippen LogP contribution in [0, 0.1) is 0 Å². The van der Waals surface area contributed by atoms with Crippen LogP contribution in [0.2, 0.25) is 0 Å². The Kier molecular flexibility index (Phi) is 4.85. The van der Waals surface area contributed by atoms with Crippen LogP contribution in [0.4, 0.5) is 5.69 Å². The molecule has 0 radical (unpaired) electrons. The highest BCUT2D eigenvalue weighted by Crippen LogP contribution is 2.35. The monoisotopic (exact) mass is 349 g/mol. The summed E-state index contributed by atoms with van der Waals surface area (Å²) >= 11 is 3.29. The van der Waals surface area contributed by atoms with E-state index in [2.05, 4.69) is 21.2 Å². The van der Waals surface area contributed by atoms with Crippen molar-refractivity contribution in [3.63, 3.8) is 0 Å². The lowest BCUT2D eigenvalue weighted by atomic mass is 10.1. The number of aromatic hydroxyl groups is 1. The summed E-state index contributed by atoms with van der Waals surface area (Å²) in [6, 6.07) is 10.9. The molecule has 0 unspecified atom stereocenters. The fourth-order valence-corrected chi connectivity index (χ4v) is 2.40. The van der Waals surface area contributed by atoms with E-state index in [0.29, 0.717) is 22.3 Å². The second-order valence-corrected chi connectivity index (χ2v) is 5.47. The first-order valence-corrected chi connectivity index (χ1v) is 7.21. The molecule has 0 saturated heterocycles. The van der Waals surface area contributed by atoms with Gasteiger partial charge in [-0.15, -0.1) is 0 Å². The van der Waals surface area contributed by atoms with Gasteiger partial charge in [0.25, 0.3) is 0 Å². The van der Waals surface area contributed by atoms with Crippen LogP contribution in [0.3, 0.4) is 0 Å². The van der Waals surface area contributed by atoms with E-state index in [4.69, 9.17) is 4.74 Å². The number of phenols is 1. The van der Waals surface area contributed by atoms with Gasteiger partial charge in [0.15, 0.2) is 17.3 Å². The van der Waals surface area contributed by atoms with Gasteiger partial charge in [0.1, 0.15) is 0 Å². The summed E-state index contributed by atoms with van der Waals surface area (Å²) in [7, 11) is 1.51. The zero-order valence-corrected chi connectivity index (χ0v) is 13.4. The predicted octanol–water partition coefficient (Wildman–Crippen LogP) is 3.98. The molecule has 4 nitrogen and oxygen atoms in total. The van der Waals surface area contributed by atoms with Crippen LogP contribution >= 0.6 is 15.9 Å². The molecule has 2 N–H and O–H groups in total. The van der Waals surface area contributed by atoms with Crippen LogP contribution in [0.5, 0.6) is 11.5 Å². The van der Waals surface area contributed by atoms with Gasteiger partial charge >= 0.3 is 0 Å². The molecular formula is C16H16BrNO3. The molecule has 0 aromatic heterocycles. The van der Waals surface area contributed by atoms with Crippen LogP contribution in [0.1, 0.15) is 22.8 Å². The maximum Gasteiger partial charge on any atom is 0.172 e. The Balaban J connectivity index is 2.09. The van der Waals surface area contributed by atoms with Crippen molar-refractivity contribution in [3.8, 4) is 11.5 Å². The van der Waals surface area contributed by atoms with Crippen molar-refractivity contribution in [1.82, 2.24) is 0 Å². The number of benzene rings is 2. The second-order valence-electron chi connectivity index (χ2n) is 4.62. The number of carbonyl (C=O) groups excluding carboxylic acids is 1. The van der Waals surface area contributed by atoms with Gasteiger partial charge in [-0.05, 0) is 64.8 Å². The molecular weight excluding hydrogens is 334 g/mol. The largest absolute Gasteiger partial charge is 0.503 e. The highest BCUT2D eigenvalue weighted by Gasteiger charge is 2.08. The number of nitrogens with one attached hydrogen (secondary N) is 1. The van der Waals surface area contributed by atoms with E-state index in [0.717, 1.165) is 11.3 Å². The van der Waals surface area contributed by atoms with Crippen molar-refractivity contribution in [3.05, 3.63) is 52.0 Å². The molecule has 0 fully saturated rings. The van der Waals surface area contributed by atoms with Crippen molar-refractivity contribution in [2.75, 3.05) is 12.4 Å². The van der Waals surface area contributed by atoms with E-state index in [1.807, 2.05) is 18.2 Å². The molecule has 110 valence electrons. The summed E-state index contributed by atoms with van der Waals surface area (Å²) in [4.78, 5) is 11.2. The normalized spacial score (nSPS) is 10.2. The standard InChI is InChI=1S/C16H16BrNO3/c1-10(19)12-3-5-13(6-4-12)18-9-11-7-14(17)16(20)15(8-11)21-2/h3-8,18,20H,9H2,1-2H3. The fraction of sp³-hybridized carbons (Fsp3) is 0.188. The van der Waals surface area contributed by atoms with Crippen molar-refractivity contribution in [1.29, 1.82) is 0 Å². The number of Topliss-reactive ketones (excluding diaryl/α,β-unsaturated/α-hetero) is 1. The van der Waals surface area contributed by atoms with Gasteiger partial charge in [-0.3, -0.25) is 4.79 Å². The minimum absolute atomic E-state index is 0.0498. The number of ketones is 1. The molecule has 0 atom stereocenters. The number of hydrogen-bond acceptors (Lipinski definition) is 4. The van der Waals surface area contributed by atoms with Gasteiger partial charge in [-0.25, -0.2) is 0 Å². The first-order valence-electron chi connectivity index (χ1n) is 6.41. The maximum absolute atomic E-state index is 11.2. The highest BCUT2D eigenvalue weighted by molar-refractivity contribution is 9.10. The molecule has 0 amide bonds. The number of ether oxygens (including phenoxy) is 1. The quantitative estimate of drug-likeness (QED) is 0.801. The Hall–Kier alpha value is -2.01. The number of carbonyl (C=O) groups is 1. The lowest BCUT2D eigenvalue weighted by Gasteiger charge is -2.11. The lowest BCUT2D eigenvalue weighted by Crippen LogP contribution is -2.01. The molecule has 21 heavy (non-hydrogen) atoms. The third-order valence-corrected chi connectivity index (χ3v) is 3.70. The van der Waals surface area contributed by atoms with E-state index >= 15 is 0 Å². The van der Waals surface area contributed by atoms with E-state index < -0.39 is 0 Å². The first-order chi connectivity index (χ1) is 10.0. The van der Waals surface area contributed by atoms with E-state index in [1.54, 1.807) is 25.1 Å². The predicted molar refractivity (Wildman–Crippen MR) is 86.1 cm³/mol. The number of halogens is 1. The number of methoxy groups -OCH3 is 1. The van der Waals surface area contributed by atoms with E-state index in [1.165, 1.54) is 7.11 Å². The van der Waals surface area contributed by atoms with E-state index in [9.17, 15) is 9.90 Å². The van der Waals surface area contributed by atoms with Crippen LogP contribution in [-0.4, -0.2) is 18.0 Å². The van der Waals surface area contributed by atoms with Crippen LogP contribution < -0.4 is 10.1 Å². The number of hydrogen-bond donors (Lipinski definition) is 2. The minimum Gasteiger partial charge on any atom is -0.503 e. The molecule has 5 heteroatoms. The smallest absolute Gasteiger partial charge is 0.172 e. The molecule has 0 bridgehead atoms. The SMILES string of the molecule is COc1cc(CNc2ccc(C(C)=O)cc2)cc(Br)c1O. The zero-order chi connectivity index (χ0) is 15.4. The third-order valence-electron chi connectivity index (χ3n) is 3.10. The summed E-state index contributed by atoms with van der Waals surface area (Å²) in [5, 5.41) is 13.0. The van der Waals surface area contributed by atoms with Crippen molar-refractivity contribution in [2.24, 2.45) is 0 Å². The molecule has 0 aliphatic heterocycles. The van der Waals surface area contributed by atoms with Gasteiger partial charge in [-0.2, -0.15) is 0 Å². The first kappa shape index (κ1) is 15.4. The molecule has 2 rings (SSSR count). The zero-order valence-electron chi connectivity index (χ0n) is 11.8. The number of phenolic OH excluding ortho intramolecular Hbond substituents is 1. The molecule has 0 aliphatic rings. The molecule has 0 heterocycles. The van der Waals surface area contributed by atoms with Crippen molar-refractivity contribution < 1.29 is 14.6 Å². The van der Waals surface area contributed by atoms with Crippen LogP contribution in [0.25, 0.3) is 0 Å². The van der Waals surface area contributed by atoms with Crippen molar-refractivity contribution >= 4 is 27.4 Å². The lowest BCUT2D eigenvalue weighted by molar-refractivity contribution is 0.101. The molecule has 2 aromatic carbocycles. The third kappa shape index (κ3) is 3.76. The van der Waals surface area contributed by atoms with Crippen LogP contribution in [-0.2, 0) is 6.54 Å². The Labute approximate surface area is 131 Å². The molecule has 0 saturated carbocycles. The summed E-state index contributed by atoms with van der Waals surface area (Å²) in [5.41, 5.74) is 2.57. The average Bonchev–Trinajstić information content (AvgIpc) is 2.48. The average molecular weight is 350 g/mol. The Morgan fingerprint density at radius 2 is 1.95 bits per heavy atom. The Morgan fingerprint density at radius 1 is 1.29 bits per heavy atom. The fourth-order valence-electron chi connectivity index (χ4n) is 1.91. The molecule has 0 spiro atoms. The summed E-state index contributed by atoms with van der Waals surface area (Å²) < 4.78 is 5.70. The summed E-state index contributed by atoms with van der Waals surface area (Å²) in [6.45, 7) is 2.12. The summed E-state index contributed by atoms with van der Waals surface area (Å²) in [5.74, 6) is 0.564. The number of anilines is 1. The molecule has 2 aromatic rings. The minimum atomic E-state index is 0.0498. The highest BCUT2D eigenvalue weighted by atomic mass is 79.9.